The van der Waals surface area contributed by atoms with Gasteiger partial charge in [0.15, 0.2) is 5.82 Å². The summed E-state index contributed by atoms with van der Waals surface area (Å²) in [6.45, 7) is 1.99. The third-order valence-corrected chi connectivity index (χ3v) is 2.97. The van der Waals surface area contributed by atoms with Crippen LogP contribution in [0.25, 0.3) is 0 Å². The molecule has 1 heterocycles. The molecule has 0 aliphatic heterocycles. The lowest BCUT2D eigenvalue weighted by Gasteiger charge is -2.22. The zero-order valence-electron chi connectivity index (χ0n) is 9.18. The van der Waals surface area contributed by atoms with Crippen LogP contribution in [0.3, 0.4) is 0 Å². The molecular formula is C11H15N3O2. The summed E-state index contributed by atoms with van der Waals surface area (Å²) >= 11 is 0. The van der Waals surface area contributed by atoms with Crippen LogP contribution in [-0.2, 0) is 11.2 Å². The minimum Gasteiger partial charge on any atom is -0.481 e. The van der Waals surface area contributed by atoms with Gasteiger partial charge in [-0.15, -0.1) is 0 Å². The molecule has 16 heavy (non-hydrogen) atoms. The van der Waals surface area contributed by atoms with E-state index in [1.165, 1.54) is 0 Å². The summed E-state index contributed by atoms with van der Waals surface area (Å²) in [6, 6.07) is 0. The number of nitrogens with zero attached hydrogens (tertiary/aromatic N) is 2. The average molecular weight is 221 g/mol. The van der Waals surface area contributed by atoms with Gasteiger partial charge < -0.3 is 5.11 Å². The van der Waals surface area contributed by atoms with Crippen LogP contribution < -0.4 is 0 Å². The van der Waals surface area contributed by atoms with Crippen LogP contribution >= 0.6 is 0 Å². The quantitative estimate of drug-likeness (QED) is 0.758. The second-order valence-electron chi connectivity index (χ2n) is 3.99. The number of aromatic amines is 1. The van der Waals surface area contributed by atoms with E-state index in [-0.39, 0.29) is 5.92 Å². The minimum absolute atomic E-state index is 0.0981. The molecule has 1 aromatic rings. The standard InChI is InChI=1S/C11H15N3O2/c1-2-9-12-10(14-13-9)7-5-3-4-6-8(7)11(15)16/h3-4,7-8H,2,5-6H2,1H3,(H,15,16)(H,12,13,14). The number of rotatable bonds is 3. The van der Waals surface area contributed by atoms with Gasteiger partial charge in [0, 0.05) is 12.3 Å². The molecule has 1 aromatic heterocycles. The molecule has 0 aromatic carbocycles. The zero-order chi connectivity index (χ0) is 11.5. The van der Waals surface area contributed by atoms with E-state index >= 15 is 0 Å². The lowest BCUT2D eigenvalue weighted by molar-refractivity contribution is -0.142. The first-order chi connectivity index (χ1) is 7.72. The van der Waals surface area contributed by atoms with Gasteiger partial charge in [-0.25, -0.2) is 4.98 Å². The fourth-order valence-corrected chi connectivity index (χ4v) is 2.01. The summed E-state index contributed by atoms with van der Waals surface area (Å²) in [5.74, 6) is 0.184. The Labute approximate surface area is 93.6 Å². The van der Waals surface area contributed by atoms with Crippen molar-refractivity contribution in [3.63, 3.8) is 0 Å². The third-order valence-electron chi connectivity index (χ3n) is 2.97. The molecular weight excluding hydrogens is 206 g/mol. The van der Waals surface area contributed by atoms with Crippen molar-refractivity contribution < 1.29 is 9.90 Å². The second kappa shape index (κ2) is 4.47. The number of nitrogens with one attached hydrogen (secondary N) is 1. The molecule has 2 N–H and O–H groups in total. The second-order valence-corrected chi connectivity index (χ2v) is 3.99. The van der Waals surface area contributed by atoms with E-state index in [9.17, 15) is 4.79 Å². The highest BCUT2D eigenvalue weighted by atomic mass is 16.4. The fraction of sp³-hybridized carbons (Fsp3) is 0.545. The third kappa shape index (κ3) is 1.98. The average Bonchev–Trinajstić information content (AvgIpc) is 2.77. The highest BCUT2D eigenvalue weighted by Crippen LogP contribution is 2.32. The van der Waals surface area contributed by atoms with E-state index in [1.807, 2.05) is 19.1 Å². The smallest absolute Gasteiger partial charge is 0.307 e. The van der Waals surface area contributed by atoms with Gasteiger partial charge in [0.25, 0.3) is 0 Å². The fourth-order valence-electron chi connectivity index (χ4n) is 2.01. The highest BCUT2D eigenvalue weighted by Gasteiger charge is 2.32. The van der Waals surface area contributed by atoms with Crippen LogP contribution in [0.2, 0.25) is 0 Å². The van der Waals surface area contributed by atoms with Crippen LogP contribution in [0.5, 0.6) is 0 Å². The highest BCUT2D eigenvalue weighted by molar-refractivity contribution is 5.71. The first-order valence-electron chi connectivity index (χ1n) is 5.51. The Hall–Kier alpha value is -1.65. The van der Waals surface area contributed by atoms with E-state index in [0.717, 1.165) is 12.2 Å². The van der Waals surface area contributed by atoms with Crippen LogP contribution in [0.4, 0.5) is 0 Å². The molecule has 2 unspecified atom stereocenters. The van der Waals surface area contributed by atoms with E-state index in [4.69, 9.17) is 5.11 Å². The van der Waals surface area contributed by atoms with Gasteiger partial charge in [-0.2, -0.15) is 5.10 Å². The van der Waals surface area contributed by atoms with Crippen LogP contribution in [-0.4, -0.2) is 26.3 Å². The maximum Gasteiger partial charge on any atom is 0.307 e. The molecule has 5 nitrogen and oxygen atoms in total. The van der Waals surface area contributed by atoms with Gasteiger partial charge >= 0.3 is 5.97 Å². The minimum atomic E-state index is -0.766. The van der Waals surface area contributed by atoms with Crippen LogP contribution in [0.1, 0.15) is 37.3 Å². The van der Waals surface area contributed by atoms with Crippen molar-refractivity contribution >= 4 is 5.97 Å². The summed E-state index contributed by atoms with van der Waals surface area (Å²) in [5, 5.41) is 16.1. The van der Waals surface area contributed by atoms with Gasteiger partial charge in [-0.1, -0.05) is 19.1 Å². The van der Waals surface area contributed by atoms with Gasteiger partial charge in [-0.3, -0.25) is 9.89 Å². The predicted molar refractivity (Wildman–Crippen MR) is 58.0 cm³/mol. The topological polar surface area (TPSA) is 78.9 Å². The molecule has 0 bridgehead atoms. The van der Waals surface area contributed by atoms with Crippen LogP contribution in [0, 0.1) is 5.92 Å². The molecule has 0 spiro atoms. The number of H-pyrrole nitrogens is 1. The van der Waals surface area contributed by atoms with Crippen LogP contribution in [0.15, 0.2) is 12.2 Å². The van der Waals surface area contributed by atoms with Crippen molar-refractivity contribution in [3.05, 3.63) is 23.8 Å². The van der Waals surface area contributed by atoms with E-state index < -0.39 is 11.9 Å². The van der Waals surface area contributed by atoms with Crippen molar-refractivity contribution in [2.75, 3.05) is 0 Å². The zero-order valence-corrected chi connectivity index (χ0v) is 9.18. The van der Waals surface area contributed by atoms with Gasteiger partial charge in [-0.05, 0) is 12.8 Å². The molecule has 86 valence electrons. The SMILES string of the molecule is CCc1nc(C2CC=CCC2C(=O)O)n[nH]1. The Morgan fingerprint density at radius 2 is 2.31 bits per heavy atom. The molecule has 1 aliphatic rings. The normalized spacial score (nSPS) is 24.6. The number of hydrogen-bond donors (Lipinski definition) is 2. The summed E-state index contributed by atoms with van der Waals surface area (Å²) in [6.07, 6.45) is 5.98. The van der Waals surface area contributed by atoms with E-state index in [0.29, 0.717) is 18.7 Å². The lowest BCUT2D eigenvalue weighted by Crippen LogP contribution is -2.24. The Morgan fingerprint density at radius 3 is 2.94 bits per heavy atom. The Morgan fingerprint density at radius 1 is 1.56 bits per heavy atom. The largest absolute Gasteiger partial charge is 0.481 e. The molecule has 0 amide bonds. The lowest BCUT2D eigenvalue weighted by atomic mass is 9.82. The number of hydrogen-bond acceptors (Lipinski definition) is 3. The summed E-state index contributed by atoms with van der Waals surface area (Å²) in [7, 11) is 0. The molecule has 2 rings (SSSR count). The summed E-state index contributed by atoms with van der Waals surface area (Å²) in [5.41, 5.74) is 0. The molecule has 1 aliphatic carbocycles. The van der Waals surface area contributed by atoms with E-state index in [2.05, 4.69) is 15.2 Å². The van der Waals surface area contributed by atoms with Gasteiger partial charge in [0.05, 0.1) is 5.92 Å². The first-order valence-corrected chi connectivity index (χ1v) is 5.51. The Balaban J connectivity index is 2.23. The molecule has 0 fully saturated rings. The van der Waals surface area contributed by atoms with E-state index in [1.54, 1.807) is 0 Å². The maximum absolute atomic E-state index is 11.1. The summed E-state index contributed by atoms with van der Waals surface area (Å²) < 4.78 is 0. The van der Waals surface area contributed by atoms with Crippen molar-refractivity contribution in [2.45, 2.75) is 32.1 Å². The van der Waals surface area contributed by atoms with Crippen molar-refractivity contribution in [1.82, 2.24) is 15.2 Å². The van der Waals surface area contributed by atoms with Crippen molar-refractivity contribution in [1.29, 1.82) is 0 Å². The number of carboxylic acid groups (broad SMARTS) is 1. The Kier molecular flexibility index (Phi) is 3.03. The Bertz CT molecular complexity index is 411. The number of carbonyl (C=O) groups is 1. The molecule has 0 saturated carbocycles. The number of allylic oxidation sites excluding steroid dienone is 2. The number of aromatic nitrogens is 3. The van der Waals surface area contributed by atoms with Gasteiger partial charge in [0.2, 0.25) is 0 Å². The first kappa shape index (κ1) is 10.9. The van der Waals surface area contributed by atoms with Crippen molar-refractivity contribution in [2.24, 2.45) is 5.92 Å². The predicted octanol–water partition coefficient (Wildman–Crippen LogP) is 1.50. The monoisotopic (exact) mass is 221 g/mol. The van der Waals surface area contributed by atoms with Gasteiger partial charge in [0.1, 0.15) is 5.82 Å². The number of aryl methyl sites for hydroxylation is 1. The number of aliphatic carboxylic acids is 1. The molecule has 2 atom stereocenters. The summed E-state index contributed by atoms with van der Waals surface area (Å²) in [4.78, 5) is 15.4. The molecule has 5 heteroatoms. The van der Waals surface area contributed by atoms with Crippen molar-refractivity contribution in [3.8, 4) is 0 Å². The number of carboxylic acids is 1. The molecule has 0 radical (unpaired) electrons. The molecule has 0 saturated heterocycles. The maximum atomic E-state index is 11.1.